The van der Waals surface area contributed by atoms with Gasteiger partial charge in [-0.3, -0.25) is 0 Å². The van der Waals surface area contributed by atoms with Crippen LogP contribution in [0.5, 0.6) is 0 Å². The van der Waals surface area contributed by atoms with Crippen molar-refractivity contribution in [3.8, 4) is 0 Å². The van der Waals surface area contributed by atoms with Gasteiger partial charge < -0.3 is 0 Å². The molecule has 0 unspecified atom stereocenters. The minimum Gasteiger partial charge on any atom is -0.0654 e. The average molecular weight is 421 g/mol. The molecule has 0 saturated heterocycles. The van der Waals surface area contributed by atoms with E-state index in [1.54, 1.807) is 0 Å². The summed E-state index contributed by atoms with van der Waals surface area (Å²) in [6.45, 7) is 2.33. The van der Waals surface area contributed by atoms with Gasteiger partial charge in [0.25, 0.3) is 0 Å². The van der Waals surface area contributed by atoms with Gasteiger partial charge in [0.15, 0.2) is 0 Å². The Kier molecular flexibility index (Phi) is 22.1. The fraction of sp³-hybridized carbons (Fsp3) is 1.00. The Morgan fingerprint density at radius 2 is 0.667 bits per heavy atom. The summed E-state index contributed by atoms with van der Waals surface area (Å²) in [6, 6.07) is 0. The molecule has 1 aliphatic carbocycles. The van der Waals surface area contributed by atoms with Gasteiger partial charge >= 0.3 is 0 Å². The highest BCUT2D eigenvalue weighted by Crippen LogP contribution is 2.25. The number of rotatable bonds is 7. The molecule has 0 heteroatoms. The van der Waals surface area contributed by atoms with Gasteiger partial charge in [-0.05, 0) is 5.92 Å². The number of hydrogen-bond acceptors (Lipinski definition) is 0. The summed E-state index contributed by atoms with van der Waals surface area (Å²) >= 11 is 0. The molecule has 0 bridgehead atoms. The first-order valence-electron chi connectivity index (χ1n) is 14.9. The first-order chi connectivity index (χ1) is 14.9. The van der Waals surface area contributed by atoms with Crippen molar-refractivity contribution in [3.63, 3.8) is 0 Å². The van der Waals surface area contributed by atoms with E-state index in [2.05, 4.69) is 6.92 Å². The Morgan fingerprint density at radius 1 is 0.367 bits per heavy atom. The van der Waals surface area contributed by atoms with Crippen LogP contribution in [0, 0.1) is 5.92 Å². The standard InChI is InChI=1S/C30H60/c1-2-3-4-5-21-24-27-30-28-25-22-19-17-15-13-11-9-7-6-8-10-12-14-16-18-20-23-26-29-30/h30H,2-29H2,1H3. The van der Waals surface area contributed by atoms with Gasteiger partial charge in [-0.15, -0.1) is 0 Å². The molecule has 1 fully saturated rings. The van der Waals surface area contributed by atoms with Crippen molar-refractivity contribution < 1.29 is 0 Å². The van der Waals surface area contributed by atoms with Gasteiger partial charge in [0.05, 0.1) is 0 Å². The largest absolute Gasteiger partial charge is 0.0654 e. The predicted octanol–water partition coefficient (Wildman–Crippen LogP) is 11.6. The second-order valence-electron chi connectivity index (χ2n) is 10.7. The van der Waals surface area contributed by atoms with Gasteiger partial charge in [0, 0.05) is 0 Å². The molecule has 1 rings (SSSR count). The van der Waals surface area contributed by atoms with E-state index in [1.807, 2.05) is 0 Å². The molecule has 1 aliphatic rings. The van der Waals surface area contributed by atoms with Gasteiger partial charge in [-0.2, -0.15) is 0 Å². The van der Waals surface area contributed by atoms with E-state index in [-0.39, 0.29) is 0 Å². The zero-order valence-corrected chi connectivity index (χ0v) is 21.4. The van der Waals surface area contributed by atoms with Gasteiger partial charge in [-0.1, -0.05) is 187 Å². The highest BCUT2D eigenvalue weighted by molar-refractivity contribution is 4.62. The fourth-order valence-electron chi connectivity index (χ4n) is 5.52. The lowest BCUT2D eigenvalue weighted by molar-refractivity contribution is 0.365. The molecule has 30 heavy (non-hydrogen) atoms. The molecule has 0 nitrogen and oxygen atoms in total. The third kappa shape index (κ3) is 19.9. The molecule has 180 valence electrons. The third-order valence-electron chi connectivity index (χ3n) is 7.69. The van der Waals surface area contributed by atoms with E-state index in [4.69, 9.17) is 0 Å². The minimum atomic E-state index is 1.05. The molecule has 0 aliphatic heterocycles. The van der Waals surface area contributed by atoms with Crippen LogP contribution in [-0.4, -0.2) is 0 Å². The summed E-state index contributed by atoms with van der Waals surface area (Å²) in [5.74, 6) is 1.05. The Labute approximate surface area is 192 Å². The lowest BCUT2D eigenvalue weighted by Gasteiger charge is -2.17. The molecule has 0 atom stereocenters. The highest BCUT2D eigenvalue weighted by atomic mass is 14.1. The van der Waals surface area contributed by atoms with Gasteiger partial charge in [0.2, 0.25) is 0 Å². The highest BCUT2D eigenvalue weighted by Gasteiger charge is 2.09. The van der Waals surface area contributed by atoms with Crippen LogP contribution < -0.4 is 0 Å². The molecule has 0 aromatic rings. The summed E-state index contributed by atoms with van der Waals surface area (Å²) in [4.78, 5) is 0. The molecule has 0 aromatic heterocycles. The van der Waals surface area contributed by atoms with Crippen LogP contribution >= 0.6 is 0 Å². The van der Waals surface area contributed by atoms with E-state index >= 15 is 0 Å². The Bertz CT molecular complexity index is 285. The molecule has 0 N–H and O–H groups in total. The molecule has 1 saturated carbocycles. The summed E-state index contributed by atoms with van der Waals surface area (Å²) in [5.41, 5.74) is 0. The fourth-order valence-corrected chi connectivity index (χ4v) is 5.52. The first kappa shape index (κ1) is 28.0. The van der Waals surface area contributed by atoms with Crippen LogP contribution in [0.4, 0.5) is 0 Å². The molecular weight excluding hydrogens is 360 g/mol. The Hall–Kier alpha value is 0. The lowest BCUT2D eigenvalue weighted by atomic mass is 9.89. The summed E-state index contributed by atoms with van der Waals surface area (Å²) in [5, 5.41) is 0. The Balaban J connectivity index is 2.21. The molecule has 0 amide bonds. The minimum absolute atomic E-state index is 1.05. The van der Waals surface area contributed by atoms with Crippen LogP contribution in [0.2, 0.25) is 0 Å². The van der Waals surface area contributed by atoms with Crippen LogP contribution in [0.15, 0.2) is 0 Å². The third-order valence-corrected chi connectivity index (χ3v) is 7.69. The van der Waals surface area contributed by atoms with E-state index in [0.717, 1.165) is 5.92 Å². The zero-order chi connectivity index (χ0) is 21.4. The maximum Gasteiger partial charge on any atom is -0.0414 e. The first-order valence-corrected chi connectivity index (χ1v) is 14.9. The van der Waals surface area contributed by atoms with Crippen molar-refractivity contribution >= 4 is 0 Å². The van der Waals surface area contributed by atoms with Crippen molar-refractivity contribution in [2.75, 3.05) is 0 Å². The van der Waals surface area contributed by atoms with Gasteiger partial charge in [0.1, 0.15) is 0 Å². The second-order valence-corrected chi connectivity index (χ2v) is 10.7. The molecule has 0 heterocycles. The normalized spacial score (nSPS) is 21.5. The predicted molar refractivity (Wildman–Crippen MR) is 138 cm³/mol. The van der Waals surface area contributed by atoms with E-state index in [0.29, 0.717) is 0 Å². The summed E-state index contributed by atoms with van der Waals surface area (Å²) in [7, 11) is 0. The number of hydrogen-bond donors (Lipinski definition) is 0. The molecule has 0 aromatic carbocycles. The molecule has 0 spiro atoms. The van der Waals surface area contributed by atoms with Crippen molar-refractivity contribution in [2.45, 2.75) is 187 Å². The number of unbranched alkanes of at least 4 members (excludes halogenated alkanes) is 5. The maximum atomic E-state index is 2.33. The van der Waals surface area contributed by atoms with Crippen molar-refractivity contribution in [1.29, 1.82) is 0 Å². The Morgan fingerprint density at radius 3 is 1.03 bits per heavy atom. The van der Waals surface area contributed by atoms with Crippen LogP contribution in [0.3, 0.4) is 0 Å². The van der Waals surface area contributed by atoms with Gasteiger partial charge in [-0.25, -0.2) is 0 Å². The lowest BCUT2D eigenvalue weighted by Crippen LogP contribution is -2.01. The van der Waals surface area contributed by atoms with Crippen molar-refractivity contribution in [2.24, 2.45) is 5.92 Å². The maximum absolute atomic E-state index is 2.33. The summed E-state index contributed by atoms with van der Waals surface area (Å²) in [6.07, 6.45) is 42.0. The second kappa shape index (κ2) is 23.7. The quantitative estimate of drug-likeness (QED) is 0.359. The van der Waals surface area contributed by atoms with E-state index < -0.39 is 0 Å². The van der Waals surface area contributed by atoms with Crippen LogP contribution in [0.1, 0.15) is 187 Å². The monoisotopic (exact) mass is 420 g/mol. The van der Waals surface area contributed by atoms with Crippen LogP contribution in [0.25, 0.3) is 0 Å². The zero-order valence-electron chi connectivity index (χ0n) is 21.4. The average Bonchev–Trinajstić information content (AvgIpc) is 2.75. The molecular formula is C30H60. The topological polar surface area (TPSA) is 0 Å². The van der Waals surface area contributed by atoms with E-state index in [9.17, 15) is 0 Å². The summed E-state index contributed by atoms with van der Waals surface area (Å²) < 4.78 is 0. The smallest absolute Gasteiger partial charge is 0.0414 e. The molecule has 0 radical (unpaired) electrons. The van der Waals surface area contributed by atoms with Crippen molar-refractivity contribution in [1.82, 2.24) is 0 Å². The van der Waals surface area contributed by atoms with Crippen LogP contribution in [-0.2, 0) is 0 Å². The van der Waals surface area contributed by atoms with E-state index in [1.165, 1.54) is 180 Å². The van der Waals surface area contributed by atoms with Crippen molar-refractivity contribution in [3.05, 3.63) is 0 Å². The SMILES string of the molecule is CCCCCCCCC1CCCCCCCCCCCCCCCCCCCCC1.